The molecule has 0 aromatic heterocycles. The molecule has 1 fully saturated rings. The Bertz CT molecular complexity index is 377. The molecule has 0 bridgehead atoms. The van der Waals surface area contributed by atoms with Crippen LogP contribution in [0.4, 0.5) is 8.78 Å². The van der Waals surface area contributed by atoms with Gasteiger partial charge in [0.25, 0.3) is 0 Å². The number of epoxide rings is 1. The van der Waals surface area contributed by atoms with Crippen LogP contribution in [0.1, 0.15) is 6.92 Å². The largest absolute Gasteiger partial charge is 0.490 e. The lowest BCUT2D eigenvalue weighted by molar-refractivity contribution is 0.0191. The second-order valence-corrected chi connectivity index (χ2v) is 4.66. The minimum absolute atomic E-state index is 0.139. The monoisotopic (exact) mass is 262 g/mol. The van der Waals surface area contributed by atoms with E-state index in [4.69, 9.17) is 21.1 Å². The van der Waals surface area contributed by atoms with E-state index in [1.54, 1.807) is 24.3 Å². The molecule has 1 aromatic rings. The van der Waals surface area contributed by atoms with Gasteiger partial charge in [0.05, 0.1) is 12.5 Å². The van der Waals surface area contributed by atoms with Crippen LogP contribution in [0.25, 0.3) is 0 Å². The third-order valence-corrected chi connectivity index (χ3v) is 3.27. The van der Waals surface area contributed by atoms with Crippen LogP contribution in [0, 0.1) is 5.92 Å². The highest BCUT2D eigenvalue weighted by Crippen LogP contribution is 2.39. The number of benzene rings is 1. The van der Waals surface area contributed by atoms with Crippen molar-refractivity contribution >= 4 is 11.6 Å². The molecule has 1 heterocycles. The van der Waals surface area contributed by atoms with Gasteiger partial charge in [-0.1, -0.05) is 18.5 Å². The number of rotatable bonds is 5. The first-order valence-electron chi connectivity index (χ1n) is 5.34. The van der Waals surface area contributed by atoms with Gasteiger partial charge in [0.2, 0.25) is 6.43 Å². The zero-order valence-electron chi connectivity index (χ0n) is 9.33. The second kappa shape index (κ2) is 4.78. The van der Waals surface area contributed by atoms with Gasteiger partial charge >= 0.3 is 0 Å². The van der Waals surface area contributed by atoms with Crippen molar-refractivity contribution in [2.24, 2.45) is 5.92 Å². The molecule has 2 nitrogen and oxygen atoms in total. The quantitative estimate of drug-likeness (QED) is 0.759. The van der Waals surface area contributed by atoms with E-state index in [0.717, 1.165) is 0 Å². The van der Waals surface area contributed by atoms with E-state index in [1.165, 1.54) is 6.92 Å². The molecular formula is C12H13ClF2O2. The van der Waals surface area contributed by atoms with Gasteiger partial charge in [-0.05, 0) is 24.3 Å². The molecule has 0 spiro atoms. The summed E-state index contributed by atoms with van der Waals surface area (Å²) in [5, 5.41) is 0.607. The van der Waals surface area contributed by atoms with Crippen molar-refractivity contribution in [3.8, 4) is 5.75 Å². The summed E-state index contributed by atoms with van der Waals surface area (Å²) >= 11 is 5.73. The number of hydrogen-bond donors (Lipinski definition) is 0. The van der Waals surface area contributed by atoms with Crippen LogP contribution >= 0.6 is 11.6 Å². The molecule has 5 heteroatoms. The van der Waals surface area contributed by atoms with Crippen molar-refractivity contribution in [3.63, 3.8) is 0 Å². The topological polar surface area (TPSA) is 21.8 Å². The maximum absolute atomic E-state index is 12.6. The first kappa shape index (κ1) is 12.6. The number of alkyl halides is 2. The van der Waals surface area contributed by atoms with Crippen molar-refractivity contribution in [1.82, 2.24) is 0 Å². The zero-order valence-corrected chi connectivity index (χ0v) is 10.1. The van der Waals surface area contributed by atoms with Gasteiger partial charge in [0, 0.05) is 5.02 Å². The Hall–Kier alpha value is -0.870. The Morgan fingerprint density at radius 3 is 2.47 bits per heavy atom. The van der Waals surface area contributed by atoms with E-state index in [1.807, 2.05) is 0 Å². The molecular weight excluding hydrogens is 250 g/mol. The molecule has 17 heavy (non-hydrogen) atoms. The van der Waals surface area contributed by atoms with Crippen LogP contribution < -0.4 is 4.74 Å². The van der Waals surface area contributed by atoms with E-state index < -0.39 is 17.9 Å². The predicted molar refractivity (Wildman–Crippen MR) is 60.8 cm³/mol. The standard InChI is InChI=1S/C12H13ClF2O2/c1-8(11(14)15)12(7-17-12)6-16-10-4-2-9(13)3-5-10/h2-5,8,11H,6-7H2,1H3. The van der Waals surface area contributed by atoms with Crippen LogP contribution in [-0.2, 0) is 4.74 Å². The lowest BCUT2D eigenvalue weighted by Crippen LogP contribution is -2.34. The summed E-state index contributed by atoms with van der Waals surface area (Å²) in [6.45, 7) is 1.94. The zero-order chi connectivity index (χ0) is 12.5. The molecule has 0 N–H and O–H groups in total. The number of ether oxygens (including phenoxy) is 2. The number of halogens is 3. The Morgan fingerprint density at radius 1 is 1.41 bits per heavy atom. The fourth-order valence-corrected chi connectivity index (χ4v) is 1.66. The van der Waals surface area contributed by atoms with Gasteiger partial charge < -0.3 is 9.47 Å². The molecule has 0 aliphatic carbocycles. The lowest BCUT2D eigenvalue weighted by atomic mass is 9.96. The maximum Gasteiger partial charge on any atom is 0.244 e. The molecule has 2 atom stereocenters. The summed E-state index contributed by atoms with van der Waals surface area (Å²) in [6.07, 6.45) is -2.40. The Balaban J connectivity index is 1.92. The van der Waals surface area contributed by atoms with E-state index >= 15 is 0 Å². The summed E-state index contributed by atoms with van der Waals surface area (Å²) in [5.74, 6) is -0.222. The van der Waals surface area contributed by atoms with Crippen LogP contribution in [0.3, 0.4) is 0 Å². The molecule has 1 aliphatic rings. The van der Waals surface area contributed by atoms with Crippen molar-refractivity contribution in [2.45, 2.75) is 19.0 Å². The van der Waals surface area contributed by atoms with Gasteiger partial charge in [-0.25, -0.2) is 8.78 Å². The average molecular weight is 263 g/mol. The Kier molecular flexibility index (Phi) is 3.54. The molecule has 1 saturated heterocycles. The fourth-order valence-electron chi connectivity index (χ4n) is 1.54. The van der Waals surface area contributed by atoms with E-state index in [-0.39, 0.29) is 6.61 Å². The minimum Gasteiger partial charge on any atom is -0.490 e. The van der Waals surface area contributed by atoms with E-state index in [2.05, 4.69) is 0 Å². The predicted octanol–water partition coefficient (Wildman–Crippen LogP) is 3.39. The molecule has 0 amide bonds. The van der Waals surface area contributed by atoms with Gasteiger partial charge in [0.1, 0.15) is 18.0 Å². The van der Waals surface area contributed by atoms with Gasteiger partial charge in [-0.3, -0.25) is 0 Å². The van der Waals surface area contributed by atoms with E-state index in [9.17, 15) is 8.78 Å². The van der Waals surface area contributed by atoms with Crippen LogP contribution in [0.2, 0.25) is 5.02 Å². The molecule has 94 valence electrons. The summed E-state index contributed by atoms with van der Waals surface area (Å²) in [7, 11) is 0. The Morgan fingerprint density at radius 2 is 2.00 bits per heavy atom. The van der Waals surface area contributed by atoms with Crippen molar-refractivity contribution < 1.29 is 18.3 Å². The maximum atomic E-state index is 12.6. The molecule has 1 aromatic carbocycles. The van der Waals surface area contributed by atoms with Crippen molar-refractivity contribution in [3.05, 3.63) is 29.3 Å². The highest BCUT2D eigenvalue weighted by molar-refractivity contribution is 6.30. The third-order valence-electron chi connectivity index (χ3n) is 3.02. The average Bonchev–Trinajstić information content (AvgIpc) is 3.08. The molecule has 2 unspecified atom stereocenters. The lowest BCUT2D eigenvalue weighted by Gasteiger charge is -2.19. The van der Waals surface area contributed by atoms with Gasteiger partial charge in [0.15, 0.2) is 0 Å². The van der Waals surface area contributed by atoms with Crippen LogP contribution in [-0.4, -0.2) is 25.2 Å². The first-order chi connectivity index (χ1) is 8.03. The molecule has 2 rings (SSSR count). The highest BCUT2D eigenvalue weighted by atomic mass is 35.5. The Labute approximate surface area is 103 Å². The SMILES string of the molecule is CC(C(F)F)C1(COc2ccc(Cl)cc2)CO1. The fraction of sp³-hybridized carbons (Fsp3) is 0.500. The molecule has 0 radical (unpaired) electrons. The summed E-state index contributed by atoms with van der Waals surface area (Å²) in [5.41, 5.74) is -0.826. The third kappa shape index (κ3) is 2.87. The van der Waals surface area contributed by atoms with Crippen LogP contribution in [0.15, 0.2) is 24.3 Å². The minimum atomic E-state index is -2.40. The van der Waals surface area contributed by atoms with Gasteiger partial charge in [-0.15, -0.1) is 0 Å². The summed E-state index contributed by atoms with van der Waals surface area (Å²) < 4.78 is 35.8. The van der Waals surface area contributed by atoms with Crippen molar-refractivity contribution in [2.75, 3.05) is 13.2 Å². The second-order valence-electron chi connectivity index (χ2n) is 4.22. The van der Waals surface area contributed by atoms with Crippen LogP contribution in [0.5, 0.6) is 5.75 Å². The van der Waals surface area contributed by atoms with Crippen molar-refractivity contribution in [1.29, 1.82) is 0 Å². The molecule has 0 saturated carbocycles. The smallest absolute Gasteiger partial charge is 0.244 e. The summed E-state index contributed by atoms with van der Waals surface area (Å²) in [4.78, 5) is 0. The van der Waals surface area contributed by atoms with E-state index in [0.29, 0.717) is 17.4 Å². The normalized spacial score (nSPS) is 24.8. The van der Waals surface area contributed by atoms with Gasteiger partial charge in [-0.2, -0.15) is 0 Å². The number of hydrogen-bond acceptors (Lipinski definition) is 2. The highest BCUT2D eigenvalue weighted by Gasteiger charge is 2.53. The first-order valence-corrected chi connectivity index (χ1v) is 5.72. The summed E-state index contributed by atoms with van der Waals surface area (Å²) in [6, 6.07) is 6.78. The molecule has 1 aliphatic heterocycles.